The predicted octanol–water partition coefficient (Wildman–Crippen LogP) is 9.57. The Labute approximate surface area is 201 Å². The van der Waals surface area contributed by atoms with Gasteiger partial charge in [0.1, 0.15) is 5.82 Å². The fourth-order valence-electron chi connectivity index (χ4n) is 5.52. The van der Waals surface area contributed by atoms with Crippen molar-refractivity contribution < 1.29 is 17.9 Å². The van der Waals surface area contributed by atoms with Crippen LogP contribution in [0.5, 0.6) is 5.75 Å². The molecule has 1 aliphatic rings. The molecule has 4 rings (SSSR count). The van der Waals surface area contributed by atoms with Gasteiger partial charge in [0.15, 0.2) is 17.4 Å². The van der Waals surface area contributed by atoms with Crippen molar-refractivity contribution in [2.24, 2.45) is 5.92 Å². The lowest BCUT2D eigenvalue weighted by Gasteiger charge is -2.29. The Hall–Kier alpha value is -2.49. The molecule has 0 atom stereocenters. The lowest BCUT2D eigenvalue weighted by atomic mass is 9.76. The number of hydrogen-bond acceptors (Lipinski definition) is 1. The van der Waals surface area contributed by atoms with Gasteiger partial charge in [-0.05, 0) is 66.2 Å². The van der Waals surface area contributed by atoms with Gasteiger partial charge < -0.3 is 4.74 Å². The van der Waals surface area contributed by atoms with Crippen molar-refractivity contribution in [3.8, 4) is 16.9 Å². The Morgan fingerprint density at radius 2 is 1.53 bits per heavy atom. The minimum atomic E-state index is -0.844. The molecule has 3 aromatic rings. The van der Waals surface area contributed by atoms with Crippen molar-refractivity contribution in [2.45, 2.75) is 77.0 Å². The van der Waals surface area contributed by atoms with E-state index in [0.717, 1.165) is 23.4 Å². The summed E-state index contributed by atoms with van der Waals surface area (Å²) in [6.07, 6.45) is 13.0. The zero-order valence-electron chi connectivity index (χ0n) is 20.3. The van der Waals surface area contributed by atoms with Crippen LogP contribution in [0, 0.1) is 23.4 Å². The second kappa shape index (κ2) is 11.3. The Morgan fingerprint density at radius 1 is 0.824 bits per heavy atom. The molecule has 1 nitrogen and oxygen atoms in total. The zero-order chi connectivity index (χ0) is 24.1. The molecule has 1 aliphatic carbocycles. The standard InChI is InChI=1S/C30H35F3O/c1-3-4-5-6-7-8-20-9-11-21(12-10-20)22-13-15-25-23(17-22)14-16-26(29(25)33)24-18-27(31)30(34-2)28(32)19-24/h13-21H,3-12H2,1-2H3. The number of methoxy groups -OCH3 is 1. The Balaban J connectivity index is 1.46. The molecule has 1 saturated carbocycles. The molecule has 182 valence electrons. The molecular formula is C30H35F3O. The normalized spacial score (nSPS) is 18.4. The van der Waals surface area contributed by atoms with E-state index >= 15 is 4.39 Å². The average molecular weight is 469 g/mol. The first-order valence-corrected chi connectivity index (χ1v) is 12.8. The van der Waals surface area contributed by atoms with E-state index < -0.39 is 23.2 Å². The Kier molecular flexibility index (Phi) is 8.18. The van der Waals surface area contributed by atoms with Crippen molar-refractivity contribution in [1.82, 2.24) is 0 Å². The lowest BCUT2D eigenvalue weighted by molar-refractivity contribution is 0.302. The molecule has 0 bridgehead atoms. The molecule has 4 heteroatoms. The van der Waals surface area contributed by atoms with Crippen LogP contribution in [0.2, 0.25) is 0 Å². The first-order valence-electron chi connectivity index (χ1n) is 12.8. The summed E-state index contributed by atoms with van der Waals surface area (Å²) in [6.45, 7) is 2.25. The fraction of sp³-hybridized carbons (Fsp3) is 0.467. The third-order valence-electron chi connectivity index (χ3n) is 7.53. The molecule has 1 fully saturated rings. The second-order valence-electron chi connectivity index (χ2n) is 9.80. The maximum atomic E-state index is 15.3. The van der Waals surface area contributed by atoms with Gasteiger partial charge in [0.25, 0.3) is 0 Å². The summed E-state index contributed by atoms with van der Waals surface area (Å²) < 4.78 is 48.4. The topological polar surface area (TPSA) is 9.23 Å². The Bertz CT molecular complexity index is 1090. The number of ether oxygens (including phenoxy) is 1. The molecule has 34 heavy (non-hydrogen) atoms. The third-order valence-corrected chi connectivity index (χ3v) is 7.53. The number of unbranched alkanes of at least 4 members (excludes halogenated alkanes) is 4. The van der Waals surface area contributed by atoms with Gasteiger partial charge in [-0.1, -0.05) is 75.8 Å². The van der Waals surface area contributed by atoms with Gasteiger partial charge in [-0.3, -0.25) is 0 Å². The number of halogens is 3. The number of rotatable bonds is 9. The summed E-state index contributed by atoms with van der Waals surface area (Å²) in [4.78, 5) is 0. The second-order valence-corrected chi connectivity index (χ2v) is 9.80. The molecule has 0 saturated heterocycles. The molecule has 0 heterocycles. The predicted molar refractivity (Wildman–Crippen MR) is 134 cm³/mol. The SMILES string of the molecule is CCCCCCCC1CCC(c2ccc3c(F)c(-c4cc(F)c(OC)c(F)c4)ccc3c2)CC1. The van der Waals surface area contributed by atoms with E-state index in [9.17, 15) is 8.78 Å². The average Bonchev–Trinajstić information content (AvgIpc) is 2.84. The Morgan fingerprint density at radius 3 is 2.21 bits per heavy atom. The van der Waals surface area contributed by atoms with Gasteiger partial charge in [-0.25, -0.2) is 13.2 Å². The molecule has 0 aromatic heterocycles. The van der Waals surface area contributed by atoms with Crippen LogP contribution >= 0.6 is 0 Å². The van der Waals surface area contributed by atoms with E-state index in [1.54, 1.807) is 6.07 Å². The van der Waals surface area contributed by atoms with E-state index in [2.05, 4.69) is 13.0 Å². The van der Waals surface area contributed by atoms with Crippen LogP contribution in [0.25, 0.3) is 21.9 Å². The van der Waals surface area contributed by atoms with Crippen LogP contribution in [0.3, 0.4) is 0 Å². The number of fused-ring (bicyclic) bond motifs is 1. The van der Waals surface area contributed by atoms with Gasteiger partial charge in [0.2, 0.25) is 0 Å². The maximum absolute atomic E-state index is 15.3. The van der Waals surface area contributed by atoms with Gasteiger partial charge in [-0.15, -0.1) is 0 Å². The van der Waals surface area contributed by atoms with Crippen LogP contribution in [0.1, 0.15) is 82.6 Å². The minimum absolute atomic E-state index is 0.160. The van der Waals surface area contributed by atoms with E-state index in [4.69, 9.17) is 4.74 Å². The summed E-state index contributed by atoms with van der Waals surface area (Å²) in [7, 11) is 1.20. The molecule has 0 unspecified atom stereocenters. The van der Waals surface area contributed by atoms with Crippen LogP contribution in [-0.4, -0.2) is 7.11 Å². The first kappa shape index (κ1) is 24.6. The van der Waals surface area contributed by atoms with Crippen molar-refractivity contribution in [3.05, 3.63) is 65.5 Å². The lowest BCUT2D eigenvalue weighted by Crippen LogP contribution is -2.13. The van der Waals surface area contributed by atoms with Crippen molar-refractivity contribution >= 4 is 10.8 Å². The largest absolute Gasteiger partial charge is 0.491 e. The number of benzene rings is 3. The summed E-state index contributed by atoms with van der Waals surface area (Å²) in [5.74, 6) is -1.23. The van der Waals surface area contributed by atoms with E-state index in [-0.39, 0.29) is 11.1 Å². The summed E-state index contributed by atoms with van der Waals surface area (Å²) in [6, 6.07) is 11.6. The van der Waals surface area contributed by atoms with Gasteiger partial charge >= 0.3 is 0 Å². The first-order chi connectivity index (χ1) is 16.5. The van der Waals surface area contributed by atoms with E-state index in [0.29, 0.717) is 11.3 Å². The van der Waals surface area contributed by atoms with Gasteiger partial charge in [0.05, 0.1) is 7.11 Å². The van der Waals surface area contributed by atoms with E-state index in [1.165, 1.54) is 76.9 Å². The molecule has 3 aromatic carbocycles. The summed E-state index contributed by atoms with van der Waals surface area (Å²) in [5, 5.41) is 1.30. The molecule has 0 aliphatic heterocycles. The fourth-order valence-corrected chi connectivity index (χ4v) is 5.52. The summed E-state index contributed by atoms with van der Waals surface area (Å²) >= 11 is 0. The smallest absolute Gasteiger partial charge is 0.190 e. The van der Waals surface area contributed by atoms with Crippen LogP contribution in [0.4, 0.5) is 13.2 Å². The van der Waals surface area contributed by atoms with Crippen LogP contribution in [0.15, 0.2) is 42.5 Å². The highest BCUT2D eigenvalue weighted by molar-refractivity contribution is 5.89. The van der Waals surface area contributed by atoms with Crippen LogP contribution < -0.4 is 4.74 Å². The molecule has 0 amide bonds. The third kappa shape index (κ3) is 5.42. The monoisotopic (exact) mass is 468 g/mol. The molecule has 0 spiro atoms. The van der Waals surface area contributed by atoms with E-state index in [1.807, 2.05) is 18.2 Å². The highest BCUT2D eigenvalue weighted by atomic mass is 19.1. The zero-order valence-corrected chi connectivity index (χ0v) is 20.3. The van der Waals surface area contributed by atoms with Crippen molar-refractivity contribution in [3.63, 3.8) is 0 Å². The van der Waals surface area contributed by atoms with Gasteiger partial charge in [0, 0.05) is 10.9 Å². The minimum Gasteiger partial charge on any atom is -0.491 e. The molecule has 0 radical (unpaired) electrons. The van der Waals surface area contributed by atoms with Crippen LogP contribution in [-0.2, 0) is 0 Å². The maximum Gasteiger partial charge on any atom is 0.190 e. The van der Waals surface area contributed by atoms with Gasteiger partial charge in [-0.2, -0.15) is 0 Å². The van der Waals surface area contributed by atoms with Crippen molar-refractivity contribution in [2.75, 3.05) is 7.11 Å². The molecular weight excluding hydrogens is 433 g/mol. The quantitative estimate of drug-likeness (QED) is 0.284. The number of hydrogen-bond donors (Lipinski definition) is 0. The van der Waals surface area contributed by atoms with Crippen molar-refractivity contribution in [1.29, 1.82) is 0 Å². The summed E-state index contributed by atoms with van der Waals surface area (Å²) in [5.41, 5.74) is 1.61. The highest BCUT2D eigenvalue weighted by Gasteiger charge is 2.23. The molecule has 0 N–H and O–H groups in total. The highest BCUT2D eigenvalue weighted by Crippen LogP contribution is 2.40.